The number of allylic oxidation sites excluding steroid dienone is 1. The lowest BCUT2D eigenvalue weighted by Gasteiger charge is -2.09. The Morgan fingerprint density at radius 1 is 1.50 bits per heavy atom. The minimum Gasteiger partial charge on any atom is -0.560 e. The number of rotatable bonds is 6. The summed E-state index contributed by atoms with van der Waals surface area (Å²) in [6.45, 7) is 3.67. The van der Waals surface area contributed by atoms with E-state index in [9.17, 15) is 4.79 Å². The Hall–Kier alpha value is -1.59. The Bertz CT molecular complexity index is 300. The first-order valence-electron chi connectivity index (χ1n) is 4.95. The lowest BCUT2D eigenvalue weighted by molar-refractivity contribution is -0.142. The smallest absolute Gasteiger partial charge is 0.331 e. The predicted octanol–water partition coefficient (Wildman–Crippen LogP) is 0.506. The van der Waals surface area contributed by atoms with E-state index < -0.39 is 12.0 Å². The molecule has 0 aliphatic carbocycles. The molecule has 0 aliphatic rings. The van der Waals surface area contributed by atoms with Gasteiger partial charge in [0.25, 0.3) is 0 Å². The Labute approximate surface area is 96.7 Å². The zero-order valence-corrected chi connectivity index (χ0v) is 10.1. The number of methoxy groups -OCH3 is 1. The lowest BCUT2D eigenvalue weighted by Crippen LogP contribution is -2.21. The van der Waals surface area contributed by atoms with Gasteiger partial charge in [0.05, 0.1) is 7.11 Å². The number of hydrogen-bond acceptors (Lipinski definition) is 5. The molecule has 0 rings (SSSR count). The van der Waals surface area contributed by atoms with Gasteiger partial charge in [-0.1, -0.05) is 6.08 Å². The molecule has 0 radical (unpaired) electrons. The minimum atomic E-state index is -0.611. The van der Waals surface area contributed by atoms with E-state index in [0.29, 0.717) is 6.42 Å². The van der Waals surface area contributed by atoms with E-state index in [4.69, 9.17) is 0 Å². The first-order valence-corrected chi connectivity index (χ1v) is 4.95. The van der Waals surface area contributed by atoms with Crippen molar-refractivity contribution in [3.05, 3.63) is 11.8 Å². The van der Waals surface area contributed by atoms with Crippen LogP contribution in [0.25, 0.3) is 0 Å². The quantitative estimate of drug-likeness (QED) is 0.286. The molecule has 0 aromatic rings. The molecule has 0 amide bonds. The molecule has 88 valence electrons. The van der Waals surface area contributed by atoms with Crippen LogP contribution in [0.15, 0.2) is 21.8 Å². The van der Waals surface area contributed by atoms with E-state index in [-0.39, 0.29) is 0 Å². The van der Waals surface area contributed by atoms with Crippen LogP contribution in [0.4, 0.5) is 0 Å². The molecule has 0 saturated heterocycles. The highest BCUT2D eigenvalue weighted by Crippen LogP contribution is 2.11. The van der Waals surface area contributed by atoms with Crippen LogP contribution < -0.4 is 0 Å². The fourth-order valence-corrected chi connectivity index (χ4v) is 1.08. The Morgan fingerprint density at radius 2 is 2.19 bits per heavy atom. The highest BCUT2D eigenvalue weighted by Gasteiger charge is 2.18. The number of nitrogens with zero attached hydrogens (tertiary/aromatic N) is 2. The van der Waals surface area contributed by atoms with Gasteiger partial charge in [-0.25, -0.2) is 9.79 Å². The molecule has 0 aromatic heterocycles. The van der Waals surface area contributed by atoms with Crippen molar-refractivity contribution < 1.29 is 14.2 Å². The maximum atomic E-state index is 11.4. The van der Waals surface area contributed by atoms with Gasteiger partial charge in [0.15, 0.2) is 12.4 Å². The number of hydrogen-bond donors (Lipinski definition) is 0. The van der Waals surface area contributed by atoms with Gasteiger partial charge in [0, 0.05) is 18.3 Å². The fourth-order valence-electron chi connectivity index (χ4n) is 1.08. The van der Waals surface area contributed by atoms with Crippen LogP contribution in [0.2, 0.25) is 0 Å². The molecule has 0 aliphatic heterocycles. The van der Waals surface area contributed by atoms with Crippen LogP contribution in [0.5, 0.6) is 0 Å². The number of aliphatic imine (C=N–C) groups is 2. The van der Waals surface area contributed by atoms with Gasteiger partial charge in [0.1, 0.15) is 0 Å². The van der Waals surface area contributed by atoms with Gasteiger partial charge in [-0.15, -0.1) is 0 Å². The molecule has 5 nitrogen and oxygen atoms in total. The average molecular weight is 224 g/mol. The summed E-state index contributed by atoms with van der Waals surface area (Å²) >= 11 is 0. The maximum absolute atomic E-state index is 11.4. The summed E-state index contributed by atoms with van der Waals surface area (Å²) in [7, 11) is 2.80. The van der Waals surface area contributed by atoms with Gasteiger partial charge >= 0.3 is 14.0 Å². The summed E-state index contributed by atoms with van der Waals surface area (Å²) in [4.78, 5) is 19.5. The average Bonchev–Trinajstić information content (AvgIpc) is 2.32. The molecule has 6 heteroatoms. The summed E-state index contributed by atoms with van der Waals surface area (Å²) < 4.78 is 9.33. The maximum Gasteiger partial charge on any atom is 0.331 e. The van der Waals surface area contributed by atoms with Crippen LogP contribution in [-0.4, -0.2) is 39.8 Å². The van der Waals surface area contributed by atoms with Gasteiger partial charge in [-0.2, -0.15) is 0 Å². The van der Waals surface area contributed by atoms with Crippen molar-refractivity contribution in [3.8, 4) is 0 Å². The molecule has 0 saturated carbocycles. The fraction of sp³-hybridized carbons (Fsp3) is 0.500. The highest BCUT2D eigenvalue weighted by molar-refractivity contribution is 6.02. The number of esters is 1. The van der Waals surface area contributed by atoms with E-state index >= 15 is 0 Å². The van der Waals surface area contributed by atoms with Crippen molar-refractivity contribution in [1.29, 1.82) is 0 Å². The SMILES string of the molecule is BOC=NC(CC(=C/C)/N=C\C)C(=O)OC. The van der Waals surface area contributed by atoms with Gasteiger partial charge < -0.3 is 9.39 Å². The number of ether oxygens (including phenoxy) is 1. The molecular formula is C10H17BN2O3. The lowest BCUT2D eigenvalue weighted by atomic mass is 10.1. The second kappa shape index (κ2) is 8.70. The summed E-state index contributed by atoms with van der Waals surface area (Å²) in [5.41, 5.74) is 0.783. The standard InChI is InChI=1S/C10H17BN2O3/c1-4-8(12-5-2)6-9(10(14)15-3)13-7-16-11/h4-5,7,9H,6,11H2,1-3H3/b8-4-,12-5-,13-7?. The third-order valence-corrected chi connectivity index (χ3v) is 1.85. The summed E-state index contributed by atoms with van der Waals surface area (Å²) in [6, 6.07) is -0.611. The summed E-state index contributed by atoms with van der Waals surface area (Å²) in [5.74, 6) is -0.404. The third-order valence-electron chi connectivity index (χ3n) is 1.85. The Kier molecular flexibility index (Phi) is 7.84. The van der Waals surface area contributed by atoms with Crippen LogP contribution in [0.1, 0.15) is 20.3 Å². The molecule has 1 atom stereocenters. The van der Waals surface area contributed by atoms with Crippen LogP contribution in [-0.2, 0) is 14.2 Å². The van der Waals surface area contributed by atoms with Crippen molar-refractivity contribution in [1.82, 2.24) is 0 Å². The van der Waals surface area contributed by atoms with Crippen molar-refractivity contribution in [3.63, 3.8) is 0 Å². The van der Waals surface area contributed by atoms with Crippen molar-refractivity contribution in [2.24, 2.45) is 9.98 Å². The van der Waals surface area contributed by atoms with E-state index in [0.717, 1.165) is 5.70 Å². The molecule has 0 bridgehead atoms. The molecular weight excluding hydrogens is 207 g/mol. The van der Waals surface area contributed by atoms with Crippen LogP contribution in [0, 0.1) is 0 Å². The van der Waals surface area contributed by atoms with E-state index in [1.54, 1.807) is 6.21 Å². The second-order valence-corrected chi connectivity index (χ2v) is 2.90. The van der Waals surface area contributed by atoms with Crippen LogP contribution >= 0.6 is 0 Å². The van der Waals surface area contributed by atoms with E-state index in [2.05, 4.69) is 19.4 Å². The van der Waals surface area contributed by atoms with Gasteiger partial charge in [-0.3, -0.25) is 4.99 Å². The first-order chi connectivity index (χ1) is 7.69. The summed E-state index contributed by atoms with van der Waals surface area (Å²) in [5, 5.41) is 0. The van der Waals surface area contributed by atoms with Gasteiger partial charge in [0.2, 0.25) is 0 Å². The molecule has 0 spiro atoms. The van der Waals surface area contributed by atoms with E-state index in [1.165, 1.54) is 21.6 Å². The molecule has 0 heterocycles. The predicted molar refractivity (Wildman–Crippen MR) is 66.5 cm³/mol. The normalized spacial score (nSPS) is 14.3. The third kappa shape index (κ3) is 5.33. The number of carbonyl (C=O) groups excluding carboxylic acids is 1. The summed E-state index contributed by atoms with van der Waals surface area (Å²) in [6.07, 6.45) is 5.12. The topological polar surface area (TPSA) is 60.2 Å². The van der Waals surface area contributed by atoms with Crippen molar-refractivity contribution >= 4 is 26.6 Å². The van der Waals surface area contributed by atoms with E-state index in [1.807, 2.05) is 19.9 Å². The minimum absolute atomic E-state index is 0.396. The molecule has 0 fully saturated rings. The second-order valence-electron chi connectivity index (χ2n) is 2.90. The molecule has 0 aromatic carbocycles. The Balaban J connectivity index is 4.65. The number of carbonyl (C=O) groups is 1. The Morgan fingerprint density at radius 3 is 2.62 bits per heavy atom. The highest BCUT2D eigenvalue weighted by atomic mass is 16.5. The van der Waals surface area contributed by atoms with Crippen molar-refractivity contribution in [2.75, 3.05) is 7.11 Å². The monoisotopic (exact) mass is 224 g/mol. The molecule has 1 unspecified atom stereocenters. The molecule has 16 heavy (non-hydrogen) atoms. The van der Waals surface area contributed by atoms with Gasteiger partial charge in [-0.05, 0) is 13.8 Å². The van der Waals surface area contributed by atoms with Crippen LogP contribution in [0.3, 0.4) is 0 Å². The first kappa shape index (κ1) is 14.4. The largest absolute Gasteiger partial charge is 0.560 e. The zero-order chi connectivity index (χ0) is 12.4. The molecule has 0 N–H and O–H groups in total. The zero-order valence-electron chi connectivity index (χ0n) is 10.1. The van der Waals surface area contributed by atoms with Crippen molar-refractivity contribution in [2.45, 2.75) is 26.3 Å².